The van der Waals surface area contributed by atoms with E-state index in [0.29, 0.717) is 6.42 Å². The highest BCUT2D eigenvalue weighted by Gasteiger charge is 2.59. The zero-order valence-corrected chi connectivity index (χ0v) is 20.3. The van der Waals surface area contributed by atoms with Crippen LogP contribution in [0.25, 0.3) is 0 Å². The van der Waals surface area contributed by atoms with Gasteiger partial charge in [0.25, 0.3) is 0 Å². The van der Waals surface area contributed by atoms with Crippen molar-refractivity contribution in [3.05, 3.63) is 0 Å². The van der Waals surface area contributed by atoms with E-state index in [4.69, 9.17) is 81.2 Å². The summed E-state index contributed by atoms with van der Waals surface area (Å²) >= 11 is 41.8. The molecule has 0 atom stereocenters. The van der Waals surface area contributed by atoms with Crippen LogP contribution >= 0.6 is 81.2 Å². The molecule has 0 aliphatic rings. The van der Waals surface area contributed by atoms with Gasteiger partial charge in [-0.2, -0.15) is 0 Å². The summed E-state index contributed by atoms with van der Waals surface area (Å²) in [5.41, 5.74) is 0. The van der Waals surface area contributed by atoms with Gasteiger partial charge in [-0.15, -0.1) is 0 Å². The van der Waals surface area contributed by atoms with E-state index in [-0.39, 0.29) is 0 Å². The van der Waals surface area contributed by atoms with E-state index >= 15 is 0 Å². The first-order valence-corrected chi connectivity index (χ1v) is 12.0. The molecule has 0 saturated heterocycles. The van der Waals surface area contributed by atoms with Crippen LogP contribution in [0.1, 0.15) is 96.8 Å². The second kappa shape index (κ2) is 14.1. The molecule has 0 heterocycles. The van der Waals surface area contributed by atoms with Gasteiger partial charge in [0.05, 0.1) is 0 Å². The molecular formula is C18H31Cl7. The average Bonchev–Trinajstić information content (AvgIpc) is 2.50. The van der Waals surface area contributed by atoms with E-state index in [0.717, 1.165) is 19.3 Å². The molecule has 0 bridgehead atoms. The summed E-state index contributed by atoms with van der Waals surface area (Å²) in [4.78, 5) is 0. The molecule has 0 unspecified atom stereocenters. The number of halogens is 7. The molecular weight excluding hydrogens is 464 g/mol. The molecule has 0 saturated carbocycles. The molecule has 25 heavy (non-hydrogen) atoms. The molecule has 0 nitrogen and oxygen atoms in total. The van der Waals surface area contributed by atoms with E-state index < -0.39 is 12.5 Å². The predicted octanol–water partition coefficient (Wildman–Crippen LogP) is 10.2. The SMILES string of the molecule is CCCCCCCCCCCCCCCC(Cl)(Cl)C(Cl)(Cl)C(Cl)(Cl)Cl. The van der Waals surface area contributed by atoms with Gasteiger partial charge in [-0.1, -0.05) is 172 Å². The van der Waals surface area contributed by atoms with Gasteiger partial charge in [0.2, 0.25) is 3.79 Å². The topological polar surface area (TPSA) is 0 Å². The van der Waals surface area contributed by atoms with Crippen LogP contribution in [0.4, 0.5) is 0 Å². The normalized spacial score (nSPS) is 13.4. The van der Waals surface area contributed by atoms with Crippen molar-refractivity contribution in [2.45, 2.75) is 109 Å². The summed E-state index contributed by atoms with van der Waals surface area (Å²) < 4.78 is -5.31. The zero-order valence-electron chi connectivity index (χ0n) is 15.0. The largest absolute Gasteiger partial charge is 0.226 e. The molecule has 0 aromatic rings. The summed E-state index contributed by atoms with van der Waals surface area (Å²) in [6.07, 6.45) is 16.8. The molecule has 0 aromatic carbocycles. The van der Waals surface area contributed by atoms with Crippen molar-refractivity contribution < 1.29 is 0 Å². The Kier molecular flexibility index (Phi) is 15.2. The van der Waals surface area contributed by atoms with Gasteiger partial charge < -0.3 is 0 Å². The highest BCUT2D eigenvalue weighted by atomic mass is 35.6. The smallest absolute Gasteiger partial charge is 0.0981 e. The maximum absolute atomic E-state index is 6.20. The Hall–Kier alpha value is 2.03. The molecule has 0 aliphatic heterocycles. The lowest BCUT2D eigenvalue weighted by molar-refractivity contribution is 0.518. The molecule has 152 valence electrons. The third-order valence-electron chi connectivity index (χ3n) is 4.41. The van der Waals surface area contributed by atoms with Crippen molar-refractivity contribution in [1.29, 1.82) is 0 Å². The summed E-state index contributed by atoms with van der Waals surface area (Å²) in [6.45, 7) is 2.25. The van der Waals surface area contributed by atoms with Crippen LogP contribution in [0, 0.1) is 0 Å². The van der Waals surface area contributed by atoms with Gasteiger partial charge >= 0.3 is 0 Å². The Balaban J connectivity index is 3.61. The number of hydrogen-bond acceptors (Lipinski definition) is 0. The predicted molar refractivity (Wildman–Crippen MR) is 119 cm³/mol. The Morgan fingerprint density at radius 2 is 0.800 bits per heavy atom. The van der Waals surface area contributed by atoms with Gasteiger partial charge in [-0.05, 0) is 6.42 Å². The Morgan fingerprint density at radius 1 is 0.480 bits per heavy atom. The summed E-state index contributed by atoms with van der Waals surface area (Å²) in [7, 11) is 0. The van der Waals surface area contributed by atoms with E-state index in [1.165, 1.54) is 64.2 Å². The summed E-state index contributed by atoms with van der Waals surface area (Å²) in [6, 6.07) is 0. The lowest BCUT2D eigenvalue weighted by atomic mass is 10.0. The molecule has 0 rings (SSSR count). The molecule has 0 aliphatic carbocycles. The van der Waals surface area contributed by atoms with E-state index in [9.17, 15) is 0 Å². The van der Waals surface area contributed by atoms with Crippen LogP contribution in [0.15, 0.2) is 0 Å². The van der Waals surface area contributed by atoms with Crippen molar-refractivity contribution >= 4 is 81.2 Å². The number of unbranched alkanes of at least 4 members (excludes halogenated alkanes) is 12. The van der Waals surface area contributed by atoms with Crippen LogP contribution in [-0.2, 0) is 0 Å². The van der Waals surface area contributed by atoms with E-state index in [1.54, 1.807) is 0 Å². The lowest BCUT2D eigenvalue weighted by Gasteiger charge is -2.37. The molecule has 0 amide bonds. The third kappa shape index (κ3) is 11.6. The minimum Gasteiger partial charge on any atom is -0.0981 e. The minimum absolute atomic E-state index is 0.384. The molecule has 0 aromatic heterocycles. The Bertz CT molecular complexity index is 324. The maximum atomic E-state index is 6.20. The maximum Gasteiger partial charge on any atom is 0.226 e. The van der Waals surface area contributed by atoms with Gasteiger partial charge in [0, 0.05) is 0 Å². The van der Waals surface area contributed by atoms with Crippen LogP contribution in [-0.4, -0.2) is 12.5 Å². The standard InChI is InChI=1S/C18H31Cl7/c1-2-3-4-5-6-7-8-9-10-11-12-13-14-15-16(19,20)17(21,22)18(23,24)25/h2-15H2,1H3. The zero-order chi connectivity index (χ0) is 19.4. The third-order valence-corrected chi connectivity index (χ3v) is 8.38. The minimum atomic E-state index is -1.95. The van der Waals surface area contributed by atoms with Crippen molar-refractivity contribution in [3.63, 3.8) is 0 Å². The first-order valence-electron chi connectivity index (χ1n) is 9.38. The molecule has 0 radical (unpaired) electrons. The molecule has 7 heteroatoms. The second-order valence-electron chi connectivity index (χ2n) is 6.77. The van der Waals surface area contributed by atoms with Gasteiger partial charge in [0.1, 0.15) is 0 Å². The first kappa shape index (κ1) is 27.0. The van der Waals surface area contributed by atoms with Crippen LogP contribution in [0.5, 0.6) is 0 Å². The van der Waals surface area contributed by atoms with E-state index in [1.807, 2.05) is 0 Å². The van der Waals surface area contributed by atoms with E-state index in [2.05, 4.69) is 6.92 Å². The number of alkyl halides is 7. The Morgan fingerprint density at radius 3 is 1.12 bits per heavy atom. The average molecular weight is 496 g/mol. The monoisotopic (exact) mass is 492 g/mol. The fraction of sp³-hybridized carbons (Fsp3) is 1.00. The van der Waals surface area contributed by atoms with Gasteiger partial charge in [-0.3, -0.25) is 0 Å². The highest BCUT2D eigenvalue weighted by Crippen LogP contribution is 2.57. The van der Waals surface area contributed by atoms with Gasteiger partial charge in [-0.25, -0.2) is 0 Å². The second-order valence-corrected chi connectivity index (χ2v) is 11.9. The van der Waals surface area contributed by atoms with Gasteiger partial charge in [0.15, 0.2) is 8.67 Å². The molecule has 0 fully saturated rings. The quantitative estimate of drug-likeness (QED) is 0.157. The first-order chi connectivity index (χ1) is 11.6. The van der Waals surface area contributed by atoms with Crippen molar-refractivity contribution in [3.8, 4) is 0 Å². The lowest BCUT2D eigenvalue weighted by Crippen LogP contribution is -2.46. The van der Waals surface area contributed by atoms with Crippen molar-refractivity contribution in [2.24, 2.45) is 0 Å². The molecule has 0 spiro atoms. The van der Waals surface area contributed by atoms with Crippen molar-refractivity contribution in [1.82, 2.24) is 0 Å². The summed E-state index contributed by atoms with van der Waals surface area (Å²) in [5, 5.41) is 0. The summed E-state index contributed by atoms with van der Waals surface area (Å²) in [5.74, 6) is 0. The Labute approximate surface area is 189 Å². The van der Waals surface area contributed by atoms with Crippen LogP contribution < -0.4 is 0 Å². The number of rotatable bonds is 15. The van der Waals surface area contributed by atoms with Crippen LogP contribution in [0.2, 0.25) is 0 Å². The van der Waals surface area contributed by atoms with Crippen LogP contribution in [0.3, 0.4) is 0 Å². The highest BCUT2D eigenvalue weighted by molar-refractivity contribution is 6.78. The fourth-order valence-corrected chi connectivity index (χ4v) is 4.24. The molecule has 0 N–H and O–H groups in total. The number of hydrogen-bond donors (Lipinski definition) is 0. The van der Waals surface area contributed by atoms with Crippen molar-refractivity contribution in [2.75, 3.05) is 0 Å². The fourth-order valence-electron chi connectivity index (χ4n) is 2.73.